The molecule has 0 radical (unpaired) electrons. The van der Waals surface area contributed by atoms with E-state index in [9.17, 15) is 13.2 Å². The standard InChI is InChI=1S/C21H21Cl2N3O3S/c22-18-5-4-6-19(23)17(18)12-13-21(27)25-15-8-10-16(11-9-15)30(28,29)26-20-7-2-1-3-14-24-20/h4-6,8-13H,1-3,7,14H2,(H,24,26)(H,25,27)/b13-12+. The van der Waals surface area contributed by atoms with Gasteiger partial charge >= 0.3 is 0 Å². The van der Waals surface area contributed by atoms with Gasteiger partial charge in [0.25, 0.3) is 10.0 Å². The Morgan fingerprint density at radius 1 is 1.00 bits per heavy atom. The first-order valence-corrected chi connectivity index (χ1v) is 11.7. The van der Waals surface area contributed by atoms with Crippen LogP contribution in [0.3, 0.4) is 0 Å². The molecule has 0 aliphatic carbocycles. The van der Waals surface area contributed by atoms with E-state index in [1.165, 1.54) is 36.4 Å². The van der Waals surface area contributed by atoms with Gasteiger partial charge in [-0.3, -0.25) is 14.5 Å². The normalized spacial score (nSPS) is 14.8. The van der Waals surface area contributed by atoms with Gasteiger partial charge in [0, 0.05) is 40.3 Å². The van der Waals surface area contributed by atoms with E-state index in [4.69, 9.17) is 23.2 Å². The maximum atomic E-state index is 12.6. The average molecular weight is 466 g/mol. The molecule has 3 rings (SSSR count). The van der Waals surface area contributed by atoms with Gasteiger partial charge < -0.3 is 5.32 Å². The van der Waals surface area contributed by atoms with E-state index >= 15 is 0 Å². The summed E-state index contributed by atoms with van der Waals surface area (Å²) >= 11 is 12.1. The highest BCUT2D eigenvalue weighted by Crippen LogP contribution is 2.25. The Kier molecular flexibility index (Phi) is 7.53. The summed E-state index contributed by atoms with van der Waals surface area (Å²) in [5.74, 6) is 0.0979. The lowest BCUT2D eigenvalue weighted by Crippen LogP contribution is -2.30. The highest BCUT2D eigenvalue weighted by Gasteiger charge is 2.17. The Morgan fingerprint density at radius 2 is 1.70 bits per heavy atom. The van der Waals surface area contributed by atoms with Gasteiger partial charge in [0.15, 0.2) is 0 Å². The van der Waals surface area contributed by atoms with Crippen molar-refractivity contribution in [2.45, 2.75) is 30.6 Å². The van der Waals surface area contributed by atoms with Gasteiger partial charge in [-0.25, -0.2) is 8.42 Å². The topological polar surface area (TPSA) is 87.6 Å². The molecule has 30 heavy (non-hydrogen) atoms. The first kappa shape index (κ1) is 22.3. The maximum absolute atomic E-state index is 12.6. The van der Waals surface area contributed by atoms with E-state index in [1.807, 2.05) is 0 Å². The third-order valence-electron chi connectivity index (χ3n) is 4.46. The van der Waals surface area contributed by atoms with Crippen LogP contribution in [-0.4, -0.2) is 26.7 Å². The molecule has 0 aromatic heterocycles. The van der Waals surface area contributed by atoms with Crippen molar-refractivity contribution in [2.24, 2.45) is 4.99 Å². The fourth-order valence-corrected chi connectivity index (χ4v) is 4.51. The Morgan fingerprint density at radius 3 is 2.40 bits per heavy atom. The smallest absolute Gasteiger partial charge is 0.262 e. The molecule has 2 aromatic rings. The molecule has 0 unspecified atom stereocenters. The summed E-state index contributed by atoms with van der Waals surface area (Å²) in [6.07, 6.45) is 6.38. The zero-order valence-corrected chi connectivity index (χ0v) is 18.4. The second kappa shape index (κ2) is 10.1. The Balaban J connectivity index is 1.64. The van der Waals surface area contributed by atoms with Gasteiger partial charge in [0.2, 0.25) is 5.91 Å². The monoisotopic (exact) mass is 465 g/mol. The number of nitrogens with one attached hydrogen (secondary N) is 2. The third-order valence-corrected chi connectivity index (χ3v) is 6.52. The number of hydrogen-bond donors (Lipinski definition) is 2. The number of anilines is 1. The third kappa shape index (κ3) is 6.08. The summed E-state index contributed by atoms with van der Waals surface area (Å²) in [5, 5.41) is 3.54. The van der Waals surface area contributed by atoms with Gasteiger partial charge in [0.1, 0.15) is 5.84 Å². The molecule has 0 fully saturated rings. The molecule has 0 saturated heterocycles. The van der Waals surface area contributed by atoms with Crippen molar-refractivity contribution in [1.82, 2.24) is 4.72 Å². The Bertz CT molecular complexity index is 1060. The molecule has 0 saturated carbocycles. The fourth-order valence-electron chi connectivity index (χ4n) is 2.90. The van der Waals surface area contributed by atoms with E-state index in [-0.39, 0.29) is 4.90 Å². The average Bonchev–Trinajstić information content (AvgIpc) is 2.96. The first-order chi connectivity index (χ1) is 14.3. The molecular formula is C21H21Cl2N3O3S. The van der Waals surface area contributed by atoms with E-state index in [0.29, 0.717) is 40.1 Å². The lowest BCUT2D eigenvalue weighted by molar-refractivity contribution is -0.111. The molecule has 1 aliphatic rings. The summed E-state index contributed by atoms with van der Waals surface area (Å²) in [5.41, 5.74) is 1.01. The van der Waals surface area contributed by atoms with Crippen LogP contribution < -0.4 is 10.0 Å². The molecule has 6 nitrogen and oxygen atoms in total. The number of nitrogens with zero attached hydrogens (tertiary/aromatic N) is 1. The number of sulfonamides is 1. The lowest BCUT2D eigenvalue weighted by Gasteiger charge is -2.10. The van der Waals surface area contributed by atoms with Crippen molar-refractivity contribution in [3.63, 3.8) is 0 Å². The van der Waals surface area contributed by atoms with Crippen molar-refractivity contribution >= 4 is 56.7 Å². The van der Waals surface area contributed by atoms with Crippen molar-refractivity contribution < 1.29 is 13.2 Å². The van der Waals surface area contributed by atoms with Crippen LogP contribution in [0.1, 0.15) is 31.2 Å². The maximum Gasteiger partial charge on any atom is 0.262 e. The highest BCUT2D eigenvalue weighted by atomic mass is 35.5. The number of halogens is 2. The lowest BCUT2D eigenvalue weighted by atomic mass is 10.2. The number of amides is 1. The second-order valence-electron chi connectivity index (χ2n) is 6.73. The summed E-state index contributed by atoms with van der Waals surface area (Å²) in [7, 11) is -3.71. The molecular weight excluding hydrogens is 445 g/mol. The second-order valence-corrected chi connectivity index (χ2v) is 9.22. The molecule has 1 amide bonds. The summed E-state index contributed by atoms with van der Waals surface area (Å²) in [6, 6.07) is 11.0. The number of rotatable bonds is 5. The number of hydrogen-bond acceptors (Lipinski definition) is 4. The summed E-state index contributed by atoms with van der Waals surface area (Å²) in [6.45, 7) is 0.635. The van der Waals surface area contributed by atoms with Crippen LogP contribution in [-0.2, 0) is 14.8 Å². The van der Waals surface area contributed by atoms with Gasteiger partial charge in [-0.2, -0.15) is 0 Å². The van der Waals surface area contributed by atoms with Crippen molar-refractivity contribution in [1.29, 1.82) is 0 Å². The summed E-state index contributed by atoms with van der Waals surface area (Å²) < 4.78 is 27.7. The Labute approximate surface area is 186 Å². The molecule has 9 heteroatoms. The SMILES string of the molecule is O=C(/C=C/c1c(Cl)cccc1Cl)Nc1ccc(S(=O)(=O)NC2=NCCCCC2)cc1. The van der Waals surface area contributed by atoms with E-state index in [1.54, 1.807) is 18.2 Å². The van der Waals surface area contributed by atoms with Crippen LogP contribution >= 0.6 is 23.2 Å². The zero-order chi connectivity index (χ0) is 21.6. The van der Waals surface area contributed by atoms with Crippen LogP contribution in [0, 0.1) is 0 Å². The minimum Gasteiger partial charge on any atom is -0.323 e. The van der Waals surface area contributed by atoms with Crippen LogP contribution in [0.2, 0.25) is 10.0 Å². The van der Waals surface area contributed by atoms with Crippen LogP contribution in [0.25, 0.3) is 6.08 Å². The van der Waals surface area contributed by atoms with Gasteiger partial charge in [0.05, 0.1) is 4.90 Å². The quantitative estimate of drug-likeness (QED) is 0.615. The molecule has 0 atom stereocenters. The van der Waals surface area contributed by atoms with Crippen LogP contribution in [0.15, 0.2) is 58.4 Å². The molecule has 2 aromatic carbocycles. The van der Waals surface area contributed by atoms with Gasteiger partial charge in [-0.15, -0.1) is 0 Å². The largest absolute Gasteiger partial charge is 0.323 e. The van der Waals surface area contributed by atoms with Gasteiger partial charge in [-0.1, -0.05) is 35.7 Å². The number of carbonyl (C=O) groups is 1. The number of carbonyl (C=O) groups excluding carboxylic acids is 1. The molecule has 0 bridgehead atoms. The molecule has 0 spiro atoms. The number of amidine groups is 1. The predicted molar refractivity (Wildman–Crippen MR) is 122 cm³/mol. The van der Waals surface area contributed by atoms with Crippen LogP contribution in [0.5, 0.6) is 0 Å². The number of aliphatic imine (C=N–C) groups is 1. The molecule has 1 aliphatic heterocycles. The van der Waals surface area contributed by atoms with E-state index in [2.05, 4.69) is 15.0 Å². The van der Waals surface area contributed by atoms with Crippen molar-refractivity contribution in [2.75, 3.05) is 11.9 Å². The molecule has 2 N–H and O–H groups in total. The van der Waals surface area contributed by atoms with Crippen molar-refractivity contribution in [3.05, 3.63) is 64.1 Å². The highest BCUT2D eigenvalue weighted by molar-refractivity contribution is 7.90. The minimum absolute atomic E-state index is 0.103. The molecule has 1 heterocycles. The van der Waals surface area contributed by atoms with E-state index in [0.717, 1.165) is 19.3 Å². The molecule has 158 valence electrons. The van der Waals surface area contributed by atoms with Crippen LogP contribution in [0.4, 0.5) is 5.69 Å². The zero-order valence-electron chi connectivity index (χ0n) is 16.1. The van der Waals surface area contributed by atoms with Gasteiger partial charge in [-0.05, 0) is 55.3 Å². The minimum atomic E-state index is -3.71. The van der Waals surface area contributed by atoms with Crippen molar-refractivity contribution in [3.8, 4) is 0 Å². The Hall–Kier alpha value is -2.35. The number of benzene rings is 2. The fraction of sp³-hybridized carbons (Fsp3) is 0.238. The van der Waals surface area contributed by atoms with E-state index < -0.39 is 15.9 Å². The predicted octanol–water partition coefficient (Wildman–Crippen LogP) is 4.90. The summed E-state index contributed by atoms with van der Waals surface area (Å²) in [4.78, 5) is 16.5. The first-order valence-electron chi connectivity index (χ1n) is 9.44.